The highest BCUT2D eigenvalue weighted by molar-refractivity contribution is 6.00. The van der Waals surface area contributed by atoms with Crippen LogP contribution >= 0.6 is 0 Å². The molecular weight excluding hydrogens is 281 g/mol. The van der Waals surface area contributed by atoms with Crippen LogP contribution in [0, 0.1) is 12.7 Å². The lowest BCUT2D eigenvalue weighted by Crippen LogP contribution is -2.13. The first kappa shape index (κ1) is 16.4. The standard InChI is InChI=1S/C18H22FNO2/c1-7-14(21)15-10(2)17(22-6)12-8-11(18(3,4)5)9-13(19)16(12)20-15/h8-9H,7H2,1-6H3. The van der Waals surface area contributed by atoms with E-state index in [1.54, 1.807) is 13.8 Å². The van der Waals surface area contributed by atoms with Gasteiger partial charge in [0.25, 0.3) is 0 Å². The number of benzene rings is 1. The third-order valence-corrected chi connectivity index (χ3v) is 3.88. The molecule has 0 aliphatic carbocycles. The smallest absolute Gasteiger partial charge is 0.181 e. The summed E-state index contributed by atoms with van der Waals surface area (Å²) in [7, 11) is 1.53. The van der Waals surface area contributed by atoms with Crippen molar-refractivity contribution in [3.05, 3.63) is 34.8 Å². The molecule has 4 heteroatoms. The van der Waals surface area contributed by atoms with E-state index >= 15 is 0 Å². The van der Waals surface area contributed by atoms with Gasteiger partial charge in [0.2, 0.25) is 0 Å². The summed E-state index contributed by atoms with van der Waals surface area (Å²) in [5.74, 6) is -0.0188. The molecule has 1 aromatic heterocycles. The molecule has 0 atom stereocenters. The maximum atomic E-state index is 14.5. The van der Waals surface area contributed by atoms with Crippen molar-refractivity contribution in [3.63, 3.8) is 0 Å². The molecule has 2 rings (SSSR count). The number of halogens is 1. The molecule has 1 heterocycles. The Hall–Kier alpha value is -1.97. The second-order valence-electron chi connectivity index (χ2n) is 6.50. The zero-order valence-electron chi connectivity index (χ0n) is 14.0. The van der Waals surface area contributed by atoms with E-state index in [4.69, 9.17) is 4.74 Å². The van der Waals surface area contributed by atoms with Crippen LogP contribution in [0.2, 0.25) is 0 Å². The SMILES string of the molecule is CCC(=O)c1nc2c(F)cc(C(C)(C)C)cc2c(OC)c1C. The van der Waals surface area contributed by atoms with Gasteiger partial charge in [-0.05, 0) is 30.0 Å². The van der Waals surface area contributed by atoms with Crippen molar-refractivity contribution >= 4 is 16.7 Å². The summed E-state index contributed by atoms with van der Waals surface area (Å²) in [6.45, 7) is 9.62. The monoisotopic (exact) mass is 303 g/mol. The average molecular weight is 303 g/mol. The lowest BCUT2D eigenvalue weighted by Gasteiger charge is -2.21. The van der Waals surface area contributed by atoms with Gasteiger partial charge in [0.05, 0.1) is 7.11 Å². The topological polar surface area (TPSA) is 39.2 Å². The van der Waals surface area contributed by atoms with Crippen molar-refractivity contribution in [2.24, 2.45) is 0 Å². The van der Waals surface area contributed by atoms with E-state index in [1.165, 1.54) is 13.2 Å². The highest BCUT2D eigenvalue weighted by Gasteiger charge is 2.22. The molecular formula is C18H22FNO2. The minimum Gasteiger partial charge on any atom is -0.496 e. The summed E-state index contributed by atoms with van der Waals surface area (Å²) in [6.07, 6.45) is 0.324. The number of ether oxygens (including phenoxy) is 1. The van der Waals surface area contributed by atoms with Crippen molar-refractivity contribution in [2.75, 3.05) is 7.11 Å². The van der Waals surface area contributed by atoms with E-state index in [1.807, 2.05) is 26.8 Å². The van der Waals surface area contributed by atoms with E-state index in [9.17, 15) is 9.18 Å². The molecule has 0 aliphatic heterocycles. The van der Waals surface area contributed by atoms with Gasteiger partial charge in [-0.25, -0.2) is 9.37 Å². The number of hydrogen-bond acceptors (Lipinski definition) is 3. The predicted molar refractivity (Wildman–Crippen MR) is 86.3 cm³/mol. The third-order valence-electron chi connectivity index (χ3n) is 3.88. The van der Waals surface area contributed by atoms with Crippen LogP contribution in [0.5, 0.6) is 5.75 Å². The summed E-state index contributed by atoms with van der Waals surface area (Å²) in [6, 6.07) is 3.39. The van der Waals surface area contributed by atoms with Gasteiger partial charge in [-0.15, -0.1) is 0 Å². The molecule has 0 saturated carbocycles. The van der Waals surface area contributed by atoms with Crippen LogP contribution in [0.1, 0.15) is 55.7 Å². The second-order valence-corrected chi connectivity index (χ2v) is 6.50. The van der Waals surface area contributed by atoms with Crippen molar-refractivity contribution in [3.8, 4) is 5.75 Å². The first-order valence-electron chi connectivity index (χ1n) is 7.42. The number of hydrogen-bond donors (Lipinski definition) is 0. The van der Waals surface area contributed by atoms with E-state index in [0.717, 1.165) is 5.56 Å². The first-order chi connectivity index (χ1) is 10.2. The second kappa shape index (κ2) is 5.67. The molecule has 0 fully saturated rings. The van der Waals surface area contributed by atoms with E-state index < -0.39 is 5.82 Å². The number of aromatic nitrogens is 1. The van der Waals surface area contributed by atoms with Crippen molar-refractivity contribution in [2.45, 2.75) is 46.5 Å². The van der Waals surface area contributed by atoms with Gasteiger partial charge < -0.3 is 4.74 Å². The minimum absolute atomic E-state index is 0.114. The largest absolute Gasteiger partial charge is 0.496 e. The van der Waals surface area contributed by atoms with E-state index in [2.05, 4.69) is 4.98 Å². The fourth-order valence-electron chi connectivity index (χ4n) is 2.53. The summed E-state index contributed by atoms with van der Waals surface area (Å²) >= 11 is 0. The Morgan fingerprint density at radius 3 is 2.45 bits per heavy atom. The molecule has 3 nitrogen and oxygen atoms in total. The number of Topliss-reactive ketones (excluding diaryl/α,β-unsaturated/α-hetero) is 1. The summed E-state index contributed by atoms with van der Waals surface area (Å²) < 4.78 is 20.0. The molecule has 0 saturated heterocycles. The van der Waals surface area contributed by atoms with Crippen LogP contribution in [0.4, 0.5) is 4.39 Å². The van der Waals surface area contributed by atoms with Crippen LogP contribution < -0.4 is 4.74 Å². The van der Waals surface area contributed by atoms with Crippen molar-refractivity contribution in [1.82, 2.24) is 4.98 Å². The van der Waals surface area contributed by atoms with Crippen LogP contribution in [-0.2, 0) is 5.41 Å². The quantitative estimate of drug-likeness (QED) is 0.779. The number of carbonyl (C=O) groups excluding carboxylic acids is 1. The molecule has 0 spiro atoms. The van der Waals surface area contributed by atoms with Gasteiger partial charge in [-0.3, -0.25) is 4.79 Å². The fraction of sp³-hybridized carbons (Fsp3) is 0.444. The van der Waals surface area contributed by atoms with Crippen LogP contribution in [-0.4, -0.2) is 17.9 Å². The molecule has 0 bridgehead atoms. The molecule has 1 aromatic carbocycles. The Labute approximate surface area is 130 Å². The minimum atomic E-state index is -0.425. The number of methoxy groups -OCH3 is 1. The van der Waals surface area contributed by atoms with Crippen LogP contribution in [0.25, 0.3) is 10.9 Å². The molecule has 118 valence electrons. The Bertz CT molecular complexity index is 745. The molecule has 0 aliphatic rings. The first-order valence-corrected chi connectivity index (χ1v) is 7.42. The number of rotatable bonds is 3. The normalized spacial score (nSPS) is 11.8. The van der Waals surface area contributed by atoms with Crippen molar-refractivity contribution in [1.29, 1.82) is 0 Å². The zero-order chi connectivity index (χ0) is 16.7. The molecule has 0 unspecified atom stereocenters. The number of fused-ring (bicyclic) bond motifs is 1. The third kappa shape index (κ3) is 2.70. The lowest BCUT2D eigenvalue weighted by molar-refractivity contribution is 0.0982. The molecule has 22 heavy (non-hydrogen) atoms. The van der Waals surface area contributed by atoms with E-state index in [0.29, 0.717) is 23.1 Å². The van der Waals surface area contributed by atoms with Gasteiger partial charge in [0.15, 0.2) is 5.78 Å². The van der Waals surface area contributed by atoms with Crippen molar-refractivity contribution < 1.29 is 13.9 Å². The lowest BCUT2D eigenvalue weighted by atomic mass is 9.86. The van der Waals surface area contributed by atoms with Gasteiger partial charge in [-0.2, -0.15) is 0 Å². The number of ketones is 1. The summed E-state index contributed by atoms with van der Waals surface area (Å²) in [5.41, 5.74) is 1.81. The Morgan fingerprint density at radius 2 is 1.95 bits per heavy atom. The van der Waals surface area contributed by atoms with Gasteiger partial charge in [-0.1, -0.05) is 27.7 Å². The Balaban J connectivity index is 2.89. The number of nitrogens with zero attached hydrogens (tertiary/aromatic N) is 1. The number of carbonyl (C=O) groups is 1. The number of pyridine rings is 1. The molecule has 2 aromatic rings. The molecule has 0 radical (unpaired) electrons. The van der Waals surface area contributed by atoms with Gasteiger partial charge in [0, 0.05) is 17.4 Å². The zero-order valence-corrected chi connectivity index (χ0v) is 14.0. The Kier molecular flexibility index (Phi) is 4.23. The predicted octanol–water partition coefficient (Wildman–Crippen LogP) is 4.58. The average Bonchev–Trinajstić information content (AvgIpc) is 2.45. The summed E-state index contributed by atoms with van der Waals surface area (Å²) in [5, 5.41) is 0.609. The molecule has 0 amide bonds. The Morgan fingerprint density at radius 1 is 1.32 bits per heavy atom. The highest BCUT2D eigenvalue weighted by Crippen LogP contribution is 2.35. The highest BCUT2D eigenvalue weighted by atomic mass is 19.1. The maximum absolute atomic E-state index is 14.5. The summed E-state index contributed by atoms with van der Waals surface area (Å²) in [4.78, 5) is 16.3. The fourth-order valence-corrected chi connectivity index (χ4v) is 2.53. The van der Waals surface area contributed by atoms with Gasteiger partial charge in [0.1, 0.15) is 22.8 Å². The van der Waals surface area contributed by atoms with Crippen LogP contribution in [0.15, 0.2) is 12.1 Å². The van der Waals surface area contributed by atoms with E-state index in [-0.39, 0.29) is 22.4 Å². The molecule has 0 N–H and O–H groups in total. The van der Waals surface area contributed by atoms with Gasteiger partial charge >= 0.3 is 0 Å². The van der Waals surface area contributed by atoms with Crippen LogP contribution in [0.3, 0.4) is 0 Å². The maximum Gasteiger partial charge on any atom is 0.181 e.